The van der Waals surface area contributed by atoms with Crippen LogP contribution >= 0.6 is 0 Å². The smallest absolute Gasteiger partial charge is 0.287 e. The molecule has 2 N–H and O–H groups in total. The predicted octanol–water partition coefficient (Wildman–Crippen LogP) is 3.25. The fourth-order valence-electron chi connectivity index (χ4n) is 4.44. The van der Waals surface area contributed by atoms with Crippen LogP contribution in [0.1, 0.15) is 77.3 Å². The Hall–Kier alpha value is -2.63. The maximum atomic E-state index is 12.8. The quantitative estimate of drug-likeness (QED) is 0.708. The van der Waals surface area contributed by atoms with Crippen molar-refractivity contribution >= 4 is 11.8 Å². The van der Waals surface area contributed by atoms with Gasteiger partial charge in [-0.15, -0.1) is 0 Å². The predicted molar refractivity (Wildman–Crippen MR) is 112 cm³/mol. The molecule has 6 nitrogen and oxygen atoms in total. The third-order valence-electron chi connectivity index (χ3n) is 6.00. The first kappa shape index (κ1) is 19.7. The van der Waals surface area contributed by atoms with E-state index < -0.39 is 0 Å². The molecule has 2 aromatic rings. The number of carbonyl (C=O) groups excluding carboxylic acids is 2. The van der Waals surface area contributed by atoms with Crippen molar-refractivity contribution in [2.24, 2.45) is 0 Å². The standard InChI is InChI=1S/C23H30N4O2/c28-22(24-15-8-11-17-9-2-1-3-10-17)20-19-14-6-7-16-27(19)21(26-20)23(29)25-18-12-4-5-13-18/h1-3,9-10,18H,4-8,11-16H2,(H,24,28)(H,25,29). The van der Waals surface area contributed by atoms with Gasteiger partial charge in [-0.3, -0.25) is 9.59 Å². The van der Waals surface area contributed by atoms with Crippen molar-refractivity contribution in [2.75, 3.05) is 6.54 Å². The van der Waals surface area contributed by atoms with E-state index in [1.807, 2.05) is 22.8 Å². The first-order chi connectivity index (χ1) is 14.2. The van der Waals surface area contributed by atoms with Gasteiger partial charge in [0, 0.05) is 19.1 Å². The molecule has 0 radical (unpaired) electrons. The second-order valence-electron chi connectivity index (χ2n) is 8.14. The third kappa shape index (κ3) is 4.69. The molecule has 154 valence electrons. The summed E-state index contributed by atoms with van der Waals surface area (Å²) in [5.41, 5.74) is 2.61. The van der Waals surface area contributed by atoms with E-state index in [4.69, 9.17) is 0 Å². The Balaban J connectivity index is 1.40. The van der Waals surface area contributed by atoms with E-state index in [1.54, 1.807) is 0 Å². The number of aromatic nitrogens is 2. The molecule has 0 unspecified atom stereocenters. The Morgan fingerprint density at radius 3 is 2.62 bits per heavy atom. The Bertz CT molecular complexity index is 853. The Kier molecular flexibility index (Phi) is 6.27. The Morgan fingerprint density at radius 2 is 1.83 bits per heavy atom. The molecule has 1 saturated carbocycles. The van der Waals surface area contributed by atoms with Gasteiger partial charge in [-0.25, -0.2) is 4.98 Å². The van der Waals surface area contributed by atoms with Crippen molar-refractivity contribution in [3.05, 3.63) is 53.1 Å². The van der Waals surface area contributed by atoms with E-state index in [0.29, 0.717) is 18.1 Å². The summed E-state index contributed by atoms with van der Waals surface area (Å²) in [5.74, 6) is 0.104. The normalized spacial score (nSPS) is 16.4. The molecule has 2 heterocycles. The van der Waals surface area contributed by atoms with Gasteiger partial charge >= 0.3 is 0 Å². The van der Waals surface area contributed by atoms with Crippen molar-refractivity contribution < 1.29 is 9.59 Å². The maximum absolute atomic E-state index is 12.8. The zero-order valence-corrected chi connectivity index (χ0v) is 17.0. The number of nitrogens with zero attached hydrogens (tertiary/aromatic N) is 2. The second-order valence-corrected chi connectivity index (χ2v) is 8.14. The number of benzene rings is 1. The second kappa shape index (κ2) is 9.25. The molecule has 2 aliphatic rings. The van der Waals surface area contributed by atoms with Crippen LogP contribution < -0.4 is 10.6 Å². The van der Waals surface area contributed by atoms with Crippen LogP contribution in [0.5, 0.6) is 0 Å². The lowest BCUT2D eigenvalue weighted by molar-refractivity contribution is 0.0921. The van der Waals surface area contributed by atoms with Crippen LogP contribution in [-0.2, 0) is 19.4 Å². The first-order valence-electron chi connectivity index (χ1n) is 10.9. The number of aryl methyl sites for hydroxylation is 1. The molecule has 0 atom stereocenters. The molecule has 1 aliphatic carbocycles. The number of rotatable bonds is 7. The third-order valence-corrected chi connectivity index (χ3v) is 6.00. The van der Waals surface area contributed by atoms with Gasteiger partial charge in [-0.2, -0.15) is 0 Å². The average molecular weight is 395 g/mol. The van der Waals surface area contributed by atoms with Crippen LogP contribution in [0, 0.1) is 0 Å². The van der Waals surface area contributed by atoms with Gasteiger partial charge in [0.15, 0.2) is 5.82 Å². The molecule has 0 saturated heterocycles. The summed E-state index contributed by atoms with van der Waals surface area (Å²) < 4.78 is 1.96. The minimum absolute atomic E-state index is 0.136. The minimum atomic E-state index is -0.163. The van der Waals surface area contributed by atoms with Crippen LogP contribution in [0.15, 0.2) is 30.3 Å². The Morgan fingerprint density at radius 1 is 1.03 bits per heavy atom. The van der Waals surface area contributed by atoms with Crippen LogP contribution in [0.4, 0.5) is 0 Å². The van der Waals surface area contributed by atoms with Crippen LogP contribution in [-0.4, -0.2) is 34.0 Å². The fraction of sp³-hybridized carbons (Fsp3) is 0.522. The summed E-state index contributed by atoms with van der Waals surface area (Å²) in [6.45, 7) is 1.36. The monoisotopic (exact) mass is 394 g/mol. The van der Waals surface area contributed by atoms with Gasteiger partial charge < -0.3 is 15.2 Å². The summed E-state index contributed by atoms with van der Waals surface area (Å²) in [6.07, 6.45) is 9.06. The van der Waals surface area contributed by atoms with E-state index in [2.05, 4.69) is 27.8 Å². The molecule has 1 fully saturated rings. The lowest BCUT2D eigenvalue weighted by Crippen LogP contribution is -2.35. The van der Waals surface area contributed by atoms with E-state index >= 15 is 0 Å². The summed E-state index contributed by atoms with van der Waals surface area (Å²) in [6, 6.07) is 10.5. The van der Waals surface area contributed by atoms with Crippen molar-refractivity contribution in [3.63, 3.8) is 0 Å². The number of fused-ring (bicyclic) bond motifs is 1. The lowest BCUT2D eigenvalue weighted by atomic mass is 10.1. The number of amides is 2. The lowest BCUT2D eigenvalue weighted by Gasteiger charge is -2.18. The molecule has 6 heteroatoms. The molecular weight excluding hydrogens is 364 g/mol. The first-order valence-corrected chi connectivity index (χ1v) is 10.9. The highest BCUT2D eigenvalue weighted by Gasteiger charge is 2.28. The van der Waals surface area contributed by atoms with Crippen molar-refractivity contribution in [3.8, 4) is 0 Å². The Labute approximate surface area is 172 Å². The fourth-order valence-corrected chi connectivity index (χ4v) is 4.44. The average Bonchev–Trinajstić information content (AvgIpc) is 3.39. The van der Waals surface area contributed by atoms with Crippen LogP contribution in [0.3, 0.4) is 0 Å². The molecule has 1 aromatic heterocycles. The molecule has 1 aliphatic heterocycles. The minimum Gasteiger partial charge on any atom is -0.351 e. The zero-order valence-electron chi connectivity index (χ0n) is 17.0. The highest BCUT2D eigenvalue weighted by Crippen LogP contribution is 2.22. The molecule has 29 heavy (non-hydrogen) atoms. The van der Waals surface area contributed by atoms with E-state index in [1.165, 1.54) is 18.4 Å². The topological polar surface area (TPSA) is 76.0 Å². The number of hydrogen-bond acceptors (Lipinski definition) is 3. The van der Waals surface area contributed by atoms with E-state index in [9.17, 15) is 9.59 Å². The number of carbonyl (C=O) groups is 2. The van der Waals surface area contributed by atoms with Crippen molar-refractivity contribution in [1.29, 1.82) is 0 Å². The van der Waals surface area contributed by atoms with Gasteiger partial charge in [0.1, 0.15) is 5.69 Å². The highest BCUT2D eigenvalue weighted by atomic mass is 16.2. The number of nitrogens with one attached hydrogen (secondary N) is 2. The summed E-state index contributed by atoms with van der Waals surface area (Å²) in [5, 5.41) is 6.11. The summed E-state index contributed by atoms with van der Waals surface area (Å²) >= 11 is 0. The molecular formula is C23H30N4O2. The van der Waals surface area contributed by atoms with Crippen LogP contribution in [0.2, 0.25) is 0 Å². The molecule has 2 amide bonds. The van der Waals surface area contributed by atoms with Crippen molar-refractivity contribution in [1.82, 2.24) is 20.2 Å². The van der Waals surface area contributed by atoms with Gasteiger partial charge in [0.25, 0.3) is 11.8 Å². The molecule has 1 aromatic carbocycles. The summed E-state index contributed by atoms with van der Waals surface area (Å²) in [4.78, 5) is 30.1. The van der Waals surface area contributed by atoms with Crippen molar-refractivity contribution in [2.45, 2.75) is 70.4 Å². The van der Waals surface area contributed by atoms with E-state index in [-0.39, 0.29) is 17.9 Å². The molecule has 4 rings (SSSR count). The van der Waals surface area contributed by atoms with Gasteiger partial charge in [0.05, 0.1) is 5.69 Å². The van der Waals surface area contributed by atoms with Crippen LogP contribution in [0.25, 0.3) is 0 Å². The molecule has 0 spiro atoms. The van der Waals surface area contributed by atoms with Gasteiger partial charge in [-0.1, -0.05) is 43.2 Å². The maximum Gasteiger partial charge on any atom is 0.287 e. The zero-order chi connectivity index (χ0) is 20.1. The number of imidazole rings is 1. The van der Waals surface area contributed by atoms with Gasteiger partial charge in [0.2, 0.25) is 0 Å². The number of hydrogen-bond donors (Lipinski definition) is 2. The van der Waals surface area contributed by atoms with E-state index in [0.717, 1.165) is 57.2 Å². The highest BCUT2D eigenvalue weighted by molar-refractivity contribution is 5.97. The summed E-state index contributed by atoms with van der Waals surface area (Å²) in [7, 11) is 0. The SMILES string of the molecule is O=C(NCCCc1ccccc1)c1nc(C(=O)NC2CCCC2)n2c1CCCC2. The van der Waals surface area contributed by atoms with Gasteiger partial charge in [-0.05, 0) is 50.5 Å². The molecule has 0 bridgehead atoms. The largest absolute Gasteiger partial charge is 0.351 e.